The van der Waals surface area contributed by atoms with E-state index < -0.39 is 0 Å². The Morgan fingerprint density at radius 1 is 1.23 bits per heavy atom. The molecule has 1 aromatic carbocycles. The van der Waals surface area contributed by atoms with Crippen LogP contribution in [-0.2, 0) is 18.3 Å². The van der Waals surface area contributed by atoms with Crippen LogP contribution in [0, 0.1) is 6.92 Å². The van der Waals surface area contributed by atoms with Crippen molar-refractivity contribution in [3.8, 4) is 0 Å². The molecule has 0 spiro atoms. The van der Waals surface area contributed by atoms with Gasteiger partial charge in [0.05, 0.1) is 5.69 Å². The van der Waals surface area contributed by atoms with Crippen LogP contribution >= 0.6 is 0 Å². The maximum Gasteiger partial charge on any atom is 0.257 e. The second-order valence-corrected chi connectivity index (χ2v) is 5.16. The molecule has 116 valence electrons. The van der Waals surface area contributed by atoms with Crippen molar-refractivity contribution in [2.24, 2.45) is 7.05 Å². The van der Waals surface area contributed by atoms with Gasteiger partial charge < -0.3 is 10.6 Å². The monoisotopic (exact) mass is 300 g/mol. The lowest BCUT2D eigenvalue weighted by Crippen LogP contribution is -2.16. The Morgan fingerprint density at radius 3 is 2.55 bits per heavy atom. The molecule has 22 heavy (non-hydrogen) atoms. The number of nitrogens with one attached hydrogen (secondary N) is 2. The molecule has 2 amide bonds. The minimum absolute atomic E-state index is 0.172. The molecule has 1 aromatic heterocycles. The predicted octanol–water partition coefficient (Wildman–Crippen LogP) is 2.50. The van der Waals surface area contributed by atoms with Gasteiger partial charge in [0.1, 0.15) is 5.82 Å². The zero-order chi connectivity index (χ0) is 16.3. The minimum atomic E-state index is -0.227. The van der Waals surface area contributed by atoms with Gasteiger partial charge >= 0.3 is 0 Å². The lowest BCUT2D eigenvalue weighted by Gasteiger charge is -2.10. The van der Waals surface area contributed by atoms with Crippen LogP contribution in [0.2, 0.25) is 0 Å². The summed E-state index contributed by atoms with van der Waals surface area (Å²) in [6.07, 6.45) is 0.806. The summed E-state index contributed by atoms with van der Waals surface area (Å²) in [7, 11) is 1.79. The number of benzene rings is 1. The van der Waals surface area contributed by atoms with E-state index in [1.807, 2.05) is 19.9 Å². The van der Waals surface area contributed by atoms with E-state index in [4.69, 9.17) is 0 Å². The van der Waals surface area contributed by atoms with Crippen molar-refractivity contribution in [2.45, 2.75) is 27.2 Å². The molecule has 0 fully saturated rings. The molecule has 1 heterocycles. The maximum atomic E-state index is 12.5. The van der Waals surface area contributed by atoms with Crippen LogP contribution < -0.4 is 10.6 Å². The number of aryl methyl sites for hydroxylation is 3. The molecule has 6 nitrogen and oxygen atoms in total. The number of anilines is 2. The average molecular weight is 300 g/mol. The summed E-state index contributed by atoms with van der Waals surface area (Å²) in [4.78, 5) is 23.6. The fraction of sp³-hybridized carbons (Fsp3) is 0.312. The van der Waals surface area contributed by atoms with Crippen molar-refractivity contribution in [1.82, 2.24) is 9.78 Å². The second kappa shape index (κ2) is 6.43. The van der Waals surface area contributed by atoms with Gasteiger partial charge in [-0.25, -0.2) is 0 Å². The van der Waals surface area contributed by atoms with Gasteiger partial charge in [0, 0.05) is 31.3 Å². The number of nitrogens with zero attached hydrogens (tertiary/aromatic N) is 2. The van der Waals surface area contributed by atoms with Crippen molar-refractivity contribution in [3.63, 3.8) is 0 Å². The number of aromatic nitrogens is 2. The van der Waals surface area contributed by atoms with Crippen molar-refractivity contribution in [3.05, 3.63) is 41.1 Å². The molecule has 2 rings (SSSR count). The third kappa shape index (κ3) is 3.52. The number of carbonyl (C=O) groups excluding carboxylic acids is 2. The molecular formula is C16H20N4O2. The van der Waals surface area contributed by atoms with Gasteiger partial charge in [-0.3, -0.25) is 14.3 Å². The van der Waals surface area contributed by atoms with E-state index in [9.17, 15) is 9.59 Å². The highest BCUT2D eigenvalue weighted by molar-refractivity contribution is 6.06. The first-order valence-electron chi connectivity index (χ1n) is 7.13. The number of amides is 2. The van der Waals surface area contributed by atoms with Crippen LogP contribution in [-0.4, -0.2) is 21.6 Å². The first-order chi connectivity index (χ1) is 10.4. The van der Waals surface area contributed by atoms with Gasteiger partial charge in [-0.05, 0) is 31.0 Å². The highest BCUT2D eigenvalue weighted by Crippen LogP contribution is 2.18. The summed E-state index contributed by atoms with van der Waals surface area (Å²) in [6.45, 7) is 5.30. The van der Waals surface area contributed by atoms with E-state index in [-0.39, 0.29) is 11.8 Å². The highest BCUT2D eigenvalue weighted by Gasteiger charge is 2.13. The summed E-state index contributed by atoms with van der Waals surface area (Å²) in [5.74, 6) is 0.246. The van der Waals surface area contributed by atoms with Crippen LogP contribution in [0.5, 0.6) is 0 Å². The van der Waals surface area contributed by atoms with E-state index in [0.717, 1.165) is 17.7 Å². The third-order valence-electron chi connectivity index (χ3n) is 3.34. The SMILES string of the molecule is CCc1cc(NC(=O)c2cc(NC(C)=O)ccc2C)n(C)n1. The normalized spacial score (nSPS) is 10.4. The average Bonchev–Trinajstić information content (AvgIpc) is 2.81. The summed E-state index contributed by atoms with van der Waals surface area (Å²) < 4.78 is 1.64. The van der Waals surface area contributed by atoms with Crippen molar-refractivity contribution < 1.29 is 9.59 Å². The Balaban J connectivity index is 2.24. The Kier molecular flexibility index (Phi) is 4.60. The second-order valence-electron chi connectivity index (χ2n) is 5.16. The fourth-order valence-corrected chi connectivity index (χ4v) is 2.15. The molecule has 2 N–H and O–H groups in total. The first-order valence-corrected chi connectivity index (χ1v) is 7.13. The Labute approximate surface area is 129 Å². The van der Waals surface area contributed by atoms with Crippen LogP contribution in [0.3, 0.4) is 0 Å². The van der Waals surface area contributed by atoms with E-state index in [2.05, 4.69) is 15.7 Å². The van der Waals surface area contributed by atoms with E-state index in [1.165, 1.54) is 6.92 Å². The fourth-order valence-electron chi connectivity index (χ4n) is 2.15. The lowest BCUT2D eigenvalue weighted by molar-refractivity contribution is -0.114. The van der Waals surface area contributed by atoms with Gasteiger partial charge in [0.15, 0.2) is 0 Å². The molecular weight excluding hydrogens is 280 g/mol. The van der Waals surface area contributed by atoms with Crippen LogP contribution in [0.4, 0.5) is 11.5 Å². The largest absolute Gasteiger partial charge is 0.326 e. The first kappa shape index (κ1) is 15.8. The topological polar surface area (TPSA) is 76.0 Å². The zero-order valence-electron chi connectivity index (χ0n) is 13.2. The maximum absolute atomic E-state index is 12.5. The Bertz CT molecular complexity index is 719. The van der Waals surface area contributed by atoms with Crippen molar-refractivity contribution >= 4 is 23.3 Å². The predicted molar refractivity (Wildman–Crippen MR) is 86.0 cm³/mol. The molecule has 0 unspecified atom stereocenters. The smallest absolute Gasteiger partial charge is 0.257 e. The van der Waals surface area contributed by atoms with Gasteiger partial charge in [-0.15, -0.1) is 0 Å². The third-order valence-corrected chi connectivity index (χ3v) is 3.34. The van der Waals surface area contributed by atoms with Crippen LogP contribution in [0.1, 0.15) is 35.5 Å². The molecule has 6 heteroatoms. The molecule has 0 atom stereocenters. The number of hydrogen-bond acceptors (Lipinski definition) is 3. The molecule has 0 saturated heterocycles. The standard InChI is InChI=1S/C16H20N4O2/c1-5-12-9-15(20(4)19-12)18-16(22)14-8-13(17-11(3)21)7-6-10(14)2/h6-9H,5H2,1-4H3,(H,17,21)(H,18,22). The molecule has 0 aliphatic carbocycles. The van der Waals surface area contributed by atoms with Gasteiger partial charge in [-0.1, -0.05) is 13.0 Å². The summed E-state index contributed by atoms with van der Waals surface area (Å²) in [6, 6.07) is 7.10. The summed E-state index contributed by atoms with van der Waals surface area (Å²) in [5.41, 5.74) is 2.87. The Morgan fingerprint density at radius 2 is 1.95 bits per heavy atom. The quantitative estimate of drug-likeness (QED) is 0.911. The Hall–Kier alpha value is -2.63. The minimum Gasteiger partial charge on any atom is -0.326 e. The van der Waals surface area contributed by atoms with Gasteiger partial charge in [0.2, 0.25) is 5.91 Å². The zero-order valence-corrected chi connectivity index (χ0v) is 13.2. The van der Waals surface area contributed by atoms with Gasteiger partial charge in [-0.2, -0.15) is 5.10 Å². The lowest BCUT2D eigenvalue weighted by atomic mass is 10.1. The number of carbonyl (C=O) groups is 2. The van der Waals surface area contributed by atoms with Gasteiger partial charge in [0.25, 0.3) is 5.91 Å². The van der Waals surface area contributed by atoms with E-state index in [0.29, 0.717) is 17.1 Å². The van der Waals surface area contributed by atoms with Crippen LogP contribution in [0.15, 0.2) is 24.3 Å². The molecule has 2 aromatic rings. The van der Waals surface area contributed by atoms with Crippen molar-refractivity contribution in [2.75, 3.05) is 10.6 Å². The summed E-state index contributed by atoms with van der Waals surface area (Å²) >= 11 is 0. The van der Waals surface area contributed by atoms with Crippen molar-refractivity contribution in [1.29, 1.82) is 0 Å². The number of rotatable bonds is 4. The van der Waals surface area contributed by atoms with E-state index >= 15 is 0 Å². The number of hydrogen-bond donors (Lipinski definition) is 2. The molecule has 0 radical (unpaired) electrons. The van der Waals surface area contributed by atoms with E-state index in [1.54, 1.807) is 29.9 Å². The molecule has 0 saturated carbocycles. The highest BCUT2D eigenvalue weighted by atomic mass is 16.2. The molecule has 0 aliphatic heterocycles. The molecule has 0 aliphatic rings. The summed E-state index contributed by atoms with van der Waals surface area (Å²) in [5, 5.41) is 9.83. The molecule has 0 bridgehead atoms. The van der Waals surface area contributed by atoms with Crippen LogP contribution in [0.25, 0.3) is 0 Å².